The lowest BCUT2D eigenvalue weighted by atomic mass is 10.2. The second kappa shape index (κ2) is 1.47. The van der Waals surface area contributed by atoms with E-state index < -0.39 is 0 Å². The van der Waals surface area contributed by atoms with Crippen molar-refractivity contribution in [2.24, 2.45) is 5.73 Å². The molecular formula is C4H7N3O. The monoisotopic (exact) mass is 113 g/mol. The zero-order chi connectivity index (χ0) is 6.15. The number of β-lactam (4-membered cyclic amide) rings is 1. The molecule has 8 heavy (non-hydrogen) atoms. The Balaban J connectivity index is 2.49. The third-order valence-electron chi connectivity index (χ3n) is 1.14. The topological polar surface area (TPSA) is 70.2 Å². The number of nitrogens with two attached hydrogens (primary N) is 1. The minimum Gasteiger partial charge on any atom is -0.370 e. The van der Waals surface area contributed by atoms with E-state index >= 15 is 0 Å². The molecule has 0 atom stereocenters. The number of rotatable bonds is 0. The van der Waals surface area contributed by atoms with E-state index in [2.05, 4.69) is 0 Å². The predicted octanol–water partition coefficient (Wildman–Crippen LogP) is -0.888. The Hall–Kier alpha value is -1.06. The van der Waals surface area contributed by atoms with Crippen molar-refractivity contribution in [1.82, 2.24) is 4.90 Å². The van der Waals surface area contributed by atoms with Gasteiger partial charge in [0.1, 0.15) is 0 Å². The number of likely N-dealkylation sites (tertiary alicyclic amines) is 1. The number of carbonyl (C=O) groups is 1. The maximum atomic E-state index is 10.4. The van der Waals surface area contributed by atoms with Gasteiger partial charge in [0.2, 0.25) is 5.91 Å². The molecule has 0 radical (unpaired) electrons. The van der Waals surface area contributed by atoms with E-state index in [0.717, 1.165) is 0 Å². The molecule has 0 aromatic heterocycles. The van der Waals surface area contributed by atoms with E-state index in [9.17, 15) is 4.79 Å². The van der Waals surface area contributed by atoms with Gasteiger partial charge < -0.3 is 5.73 Å². The summed E-state index contributed by atoms with van der Waals surface area (Å²) in [5.41, 5.74) is 4.98. The minimum atomic E-state index is -0.138. The van der Waals surface area contributed by atoms with Gasteiger partial charge >= 0.3 is 0 Å². The number of amides is 1. The van der Waals surface area contributed by atoms with Gasteiger partial charge in [0, 0.05) is 13.0 Å². The van der Waals surface area contributed by atoms with Crippen molar-refractivity contribution in [2.45, 2.75) is 6.42 Å². The number of nitrogens with one attached hydrogen (secondary N) is 1. The maximum Gasteiger partial charge on any atom is 0.231 e. The van der Waals surface area contributed by atoms with Crippen LogP contribution in [-0.2, 0) is 4.79 Å². The molecule has 0 saturated carbocycles. The minimum absolute atomic E-state index is 0.0440. The van der Waals surface area contributed by atoms with Gasteiger partial charge in [0.25, 0.3) is 0 Å². The van der Waals surface area contributed by atoms with Gasteiger partial charge in [-0.1, -0.05) is 0 Å². The Morgan fingerprint density at radius 3 is 2.50 bits per heavy atom. The molecule has 1 rings (SSSR count). The zero-order valence-electron chi connectivity index (χ0n) is 4.35. The summed E-state index contributed by atoms with van der Waals surface area (Å²) in [6.07, 6.45) is 0.541. The van der Waals surface area contributed by atoms with E-state index in [1.807, 2.05) is 0 Å². The molecule has 4 nitrogen and oxygen atoms in total. The second-order valence-electron chi connectivity index (χ2n) is 1.68. The molecule has 1 amide bonds. The van der Waals surface area contributed by atoms with Crippen molar-refractivity contribution in [1.29, 1.82) is 5.41 Å². The van der Waals surface area contributed by atoms with Crippen LogP contribution in [0.5, 0.6) is 0 Å². The van der Waals surface area contributed by atoms with E-state index in [4.69, 9.17) is 11.1 Å². The first-order chi connectivity index (χ1) is 3.72. The van der Waals surface area contributed by atoms with E-state index in [0.29, 0.717) is 13.0 Å². The fourth-order valence-electron chi connectivity index (χ4n) is 0.570. The molecule has 1 aliphatic heterocycles. The van der Waals surface area contributed by atoms with Crippen LogP contribution < -0.4 is 5.73 Å². The fourth-order valence-corrected chi connectivity index (χ4v) is 0.570. The van der Waals surface area contributed by atoms with Crippen LogP contribution >= 0.6 is 0 Å². The van der Waals surface area contributed by atoms with E-state index in [-0.39, 0.29) is 11.9 Å². The summed E-state index contributed by atoms with van der Waals surface area (Å²) < 4.78 is 0. The third kappa shape index (κ3) is 0.538. The van der Waals surface area contributed by atoms with Crippen LogP contribution in [0.3, 0.4) is 0 Å². The van der Waals surface area contributed by atoms with Gasteiger partial charge in [0.15, 0.2) is 5.96 Å². The highest BCUT2D eigenvalue weighted by Crippen LogP contribution is 2.05. The average molecular weight is 113 g/mol. The molecule has 1 fully saturated rings. The average Bonchev–Trinajstić information content (AvgIpc) is 1.61. The summed E-state index contributed by atoms with van der Waals surface area (Å²) in [6.45, 7) is 0.619. The second-order valence-corrected chi connectivity index (χ2v) is 1.68. The Morgan fingerprint density at radius 2 is 2.50 bits per heavy atom. The number of carbonyl (C=O) groups excluding carboxylic acids is 1. The van der Waals surface area contributed by atoms with Gasteiger partial charge in [-0.25, -0.2) is 0 Å². The summed E-state index contributed by atoms with van der Waals surface area (Å²) >= 11 is 0. The van der Waals surface area contributed by atoms with Gasteiger partial charge in [-0.15, -0.1) is 0 Å². The Labute approximate surface area is 46.8 Å². The van der Waals surface area contributed by atoms with Gasteiger partial charge in [0.05, 0.1) is 0 Å². The van der Waals surface area contributed by atoms with Crippen LogP contribution in [0.2, 0.25) is 0 Å². The molecule has 0 aliphatic carbocycles. The Kier molecular flexibility index (Phi) is 0.932. The molecule has 44 valence electrons. The summed E-state index contributed by atoms with van der Waals surface area (Å²) in [7, 11) is 0. The highest BCUT2D eigenvalue weighted by atomic mass is 16.2. The quantitative estimate of drug-likeness (QED) is 0.243. The van der Waals surface area contributed by atoms with Gasteiger partial charge in [-0.2, -0.15) is 0 Å². The van der Waals surface area contributed by atoms with Crippen LogP contribution in [0.25, 0.3) is 0 Å². The van der Waals surface area contributed by atoms with Crippen LogP contribution in [0.1, 0.15) is 6.42 Å². The third-order valence-corrected chi connectivity index (χ3v) is 1.14. The van der Waals surface area contributed by atoms with Crippen LogP contribution in [0.4, 0.5) is 0 Å². The van der Waals surface area contributed by atoms with Gasteiger partial charge in [-0.05, 0) is 0 Å². The number of guanidine groups is 1. The molecule has 1 saturated heterocycles. The molecule has 0 aromatic carbocycles. The Morgan fingerprint density at radius 1 is 1.88 bits per heavy atom. The van der Waals surface area contributed by atoms with Crippen molar-refractivity contribution in [3.8, 4) is 0 Å². The number of nitrogens with zero attached hydrogens (tertiary/aromatic N) is 1. The lowest BCUT2D eigenvalue weighted by molar-refractivity contribution is -0.134. The largest absolute Gasteiger partial charge is 0.370 e. The van der Waals surface area contributed by atoms with E-state index in [1.165, 1.54) is 4.90 Å². The van der Waals surface area contributed by atoms with Crippen LogP contribution in [0.15, 0.2) is 0 Å². The number of hydrogen-bond donors (Lipinski definition) is 2. The molecule has 0 unspecified atom stereocenters. The maximum absolute atomic E-state index is 10.4. The first-order valence-electron chi connectivity index (χ1n) is 2.36. The van der Waals surface area contributed by atoms with E-state index in [1.54, 1.807) is 0 Å². The summed E-state index contributed by atoms with van der Waals surface area (Å²) in [6, 6.07) is 0. The molecule has 4 heteroatoms. The van der Waals surface area contributed by atoms with Crippen LogP contribution in [-0.4, -0.2) is 23.3 Å². The Bertz CT molecular complexity index is 134. The standard InChI is InChI=1S/C4H7N3O/c5-4(6)7-2-1-3(7)8/h1-2H2,(H3,5,6). The molecule has 0 bridgehead atoms. The first-order valence-corrected chi connectivity index (χ1v) is 2.36. The summed E-state index contributed by atoms with van der Waals surface area (Å²) in [4.78, 5) is 11.6. The van der Waals surface area contributed by atoms with Crippen molar-refractivity contribution in [3.05, 3.63) is 0 Å². The van der Waals surface area contributed by atoms with Crippen molar-refractivity contribution in [3.63, 3.8) is 0 Å². The van der Waals surface area contributed by atoms with Crippen molar-refractivity contribution < 1.29 is 4.79 Å². The normalized spacial score (nSPS) is 18.0. The summed E-state index contributed by atoms with van der Waals surface area (Å²) in [5.74, 6) is -0.182. The SMILES string of the molecule is N=C(N)N1CCC1=O. The zero-order valence-corrected chi connectivity index (χ0v) is 4.35. The molecular weight excluding hydrogens is 106 g/mol. The van der Waals surface area contributed by atoms with Crippen molar-refractivity contribution in [2.75, 3.05) is 6.54 Å². The van der Waals surface area contributed by atoms with Crippen molar-refractivity contribution >= 4 is 11.9 Å². The van der Waals surface area contributed by atoms with Crippen LogP contribution in [0, 0.1) is 5.41 Å². The first kappa shape index (κ1) is 5.08. The molecule has 3 N–H and O–H groups in total. The molecule has 0 aromatic rings. The summed E-state index contributed by atoms with van der Waals surface area (Å²) in [5, 5.41) is 6.76. The van der Waals surface area contributed by atoms with Gasteiger partial charge in [-0.3, -0.25) is 15.1 Å². The lowest BCUT2D eigenvalue weighted by Crippen LogP contribution is -2.50. The lowest BCUT2D eigenvalue weighted by Gasteiger charge is -2.28. The molecule has 0 spiro atoms. The highest BCUT2D eigenvalue weighted by molar-refractivity contribution is 5.98. The molecule has 1 aliphatic rings. The smallest absolute Gasteiger partial charge is 0.231 e. The number of hydrogen-bond acceptors (Lipinski definition) is 2. The highest BCUT2D eigenvalue weighted by Gasteiger charge is 2.25. The fraction of sp³-hybridized carbons (Fsp3) is 0.500. The predicted molar refractivity (Wildman–Crippen MR) is 28.2 cm³/mol. The molecule has 1 heterocycles.